The third-order valence-electron chi connectivity index (χ3n) is 4.85. The number of carbonyl (C=O) groups excluding carboxylic acids is 1. The van der Waals surface area contributed by atoms with Crippen molar-refractivity contribution in [3.8, 4) is 22.8 Å². The van der Waals surface area contributed by atoms with Gasteiger partial charge in [0.25, 0.3) is 5.91 Å². The molecule has 1 aromatic heterocycles. The maximum Gasteiger partial charge on any atom is 0.272 e. The van der Waals surface area contributed by atoms with E-state index in [0.717, 1.165) is 16.7 Å². The van der Waals surface area contributed by atoms with Gasteiger partial charge >= 0.3 is 0 Å². The number of halogens is 1. The molecule has 27 heavy (non-hydrogen) atoms. The lowest BCUT2D eigenvalue weighted by molar-refractivity contribution is 0.0786. The van der Waals surface area contributed by atoms with E-state index in [9.17, 15) is 4.79 Å². The van der Waals surface area contributed by atoms with Gasteiger partial charge in [0.2, 0.25) is 0 Å². The Morgan fingerprint density at radius 3 is 2.52 bits per heavy atom. The van der Waals surface area contributed by atoms with Gasteiger partial charge in [0.15, 0.2) is 0 Å². The van der Waals surface area contributed by atoms with Crippen LogP contribution >= 0.6 is 11.6 Å². The second-order valence-corrected chi connectivity index (χ2v) is 6.73. The number of rotatable bonds is 4. The van der Waals surface area contributed by atoms with Crippen LogP contribution in [0.2, 0.25) is 5.02 Å². The summed E-state index contributed by atoms with van der Waals surface area (Å²) in [7, 11) is 4.99. The number of aromatic nitrogens is 2. The summed E-state index contributed by atoms with van der Waals surface area (Å²) in [6.07, 6.45) is 0. The van der Waals surface area contributed by atoms with Crippen LogP contribution in [0.15, 0.2) is 42.5 Å². The van der Waals surface area contributed by atoms with Gasteiger partial charge in [0.1, 0.15) is 17.2 Å². The molecule has 0 unspecified atom stereocenters. The highest BCUT2D eigenvalue weighted by Gasteiger charge is 2.41. The van der Waals surface area contributed by atoms with Crippen LogP contribution in [-0.2, 0) is 0 Å². The van der Waals surface area contributed by atoms with Gasteiger partial charge in [-0.3, -0.25) is 9.89 Å². The van der Waals surface area contributed by atoms with E-state index in [0.29, 0.717) is 27.9 Å². The number of ether oxygens (including phenoxy) is 2. The Morgan fingerprint density at radius 1 is 1.11 bits per heavy atom. The first kappa shape index (κ1) is 17.4. The zero-order valence-corrected chi connectivity index (χ0v) is 15.9. The van der Waals surface area contributed by atoms with Gasteiger partial charge in [-0.15, -0.1) is 0 Å². The number of nitrogens with zero attached hydrogens (tertiary/aromatic N) is 2. The van der Waals surface area contributed by atoms with Gasteiger partial charge < -0.3 is 14.4 Å². The van der Waals surface area contributed by atoms with Gasteiger partial charge in [-0.1, -0.05) is 23.7 Å². The molecular weight excluding hydrogens is 366 g/mol. The van der Waals surface area contributed by atoms with Crippen molar-refractivity contribution in [2.75, 3.05) is 21.3 Å². The Kier molecular flexibility index (Phi) is 4.28. The van der Waals surface area contributed by atoms with Gasteiger partial charge in [-0.25, -0.2) is 0 Å². The van der Waals surface area contributed by atoms with E-state index in [-0.39, 0.29) is 11.9 Å². The number of carbonyl (C=O) groups is 1. The summed E-state index contributed by atoms with van der Waals surface area (Å²) in [5, 5.41) is 7.95. The van der Waals surface area contributed by atoms with E-state index in [1.807, 2.05) is 30.3 Å². The molecule has 2 heterocycles. The van der Waals surface area contributed by atoms with Gasteiger partial charge in [-0.2, -0.15) is 5.10 Å². The van der Waals surface area contributed by atoms with Crippen molar-refractivity contribution in [3.63, 3.8) is 0 Å². The molecule has 0 aliphatic carbocycles. The Hall–Kier alpha value is -2.99. The Balaban J connectivity index is 1.92. The summed E-state index contributed by atoms with van der Waals surface area (Å²) in [6.45, 7) is 0. The summed E-state index contributed by atoms with van der Waals surface area (Å²) in [5.41, 5.74) is 3.73. The topological polar surface area (TPSA) is 67.5 Å². The minimum Gasteiger partial charge on any atom is -0.497 e. The van der Waals surface area contributed by atoms with Crippen molar-refractivity contribution < 1.29 is 14.3 Å². The van der Waals surface area contributed by atoms with E-state index in [2.05, 4.69) is 10.2 Å². The molecule has 4 rings (SSSR count). The molecule has 0 bridgehead atoms. The van der Waals surface area contributed by atoms with Crippen LogP contribution in [0, 0.1) is 0 Å². The van der Waals surface area contributed by atoms with E-state index in [1.165, 1.54) is 0 Å². The molecule has 7 heteroatoms. The fraction of sp³-hybridized carbons (Fsp3) is 0.200. The minimum atomic E-state index is -0.345. The second-order valence-electron chi connectivity index (χ2n) is 6.29. The average molecular weight is 384 g/mol. The second kappa shape index (κ2) is 6.63. The molecule has 138 valence electrons. The number of benzene rings is 2. The summed E-state index contributed by atoms with van der Waals surface area (Å²) >= 11 is 6.01. The molecule has 1 aliphatic rings. The fourth-order valence-corrected chi connectivity index (χ4v) is 3.64. The molecule has 0 radical (unpaired) electrons. The van der Waals surface area contributed by atoms with E-state index in [1.54, 1.807) is 38.3 Å². The van der Waals surface area contributed by atoms with Gasteiger partial charge in [-0.05, 0) is 30.3 Å². The number of aromatic amines is 1. The lowest BCUT2D eigenvalue weighted by Crippen LogP contribution is -2.25. The Labute approximate surface area is 161 Å². The van der Waals surface area contributed by atoms with Crippen molar-refractivity contribution in [3.05, 3.63) is 64.3 Å². The van der Waals surface area contributed by atoms with Crippen molar-refractivity contribution in [1.82, 2.24) is 15.1 Å². The smallest absolute Gasteiger partial charge is 0.272 e. The number of nitrogens with one attached hydrogen (secondary N) is 1. The predicted molar refractivity (Wildman–Crippen MR) is 103 cm³/mol. The van der Waals surface area contributed by atoms with Gasteiger partial charge in [0.05, 0.1) is 26.0 Å². The highest BCUT2D eigenvalue weighted by Crippen LogP contribution is 2.45. The van der Waals surface area contributed by atoms with E-state index >= 15 is 0 Å². The number of fused-ring (bicyclic) bond motifs is 1. The minimum absolute atomic E-state index is 0.118. The molecule has 0 saturated heterocycles. The monoisotopic (exact) mass is 383 g/mol. The Bertz CT molecular complexity index is 1010. The van der Waals surface area contributed by atoms with Crippen LogP contribution in [0.25, 0.3) is 11.3 Å². The average Bonchev–Trinajstić information content (AvgIpc) is 3.21. The van der Waals surface area contributed by atoms with Crippen LogP contribution in [0.1, 0.15) is 27.7 Å². The number of hydrogen-bond acceptors (Lipinski definition) is 4. The normalized spacial score (nSPS) is 15.8. The molecule has 2 aromatic carbocycles. The highest BCUT2D eigenvalue weighted by molar-refractivity contribution is 6.30. The van der Waals surface area contributed by atoms with Crippen molar-refractivity contribution >= 4 is 17.5 Å². The van der Waals surface area contributed by atoms with E-state index in [4.69, 9.17) is 21.1 Å². The van der Waals surface area contributed by atoms with Crippen molar-refractivity contribution in [2.24, 2.45) is 0 Å². The van der Waals surface area contributed by atoms with Crippen molar-refractivity contribution in [1.29, 1.82) is 0 Å². The molecule has 6 nitrogen and oxygen atoms in total. The first-order valence-electron chi connectivity index (χ1n) is 8.38. The number of methoxy groups -OCH3 is 2. The fourth-order valence-electron chi connectivity index (χ4n) is 3.51. The summed E-state index contributed by atoms with van der Waals surface area (Å²) in [5.74, 6) is 1.25. The molecule has 1 amide bonds. The molecule has 3 aromatic rings. The maximum absolute atomic E-state index is 12.8. The molecule has 0 spiro atoms. The number of hydrogen-bond donors (Lipinski definition) is 1. The summed E-state index contributed by atoms with van der Waals surface area (Å²) in [6, 6.07) is 12.6. The molecule has 0 fully saturated rings. The summed E-state index contributed by atoms with van der Waals surface area (Å²) in [4.78, 5) is 14.5. The molecule has 0 saturated carbocycles. The summed E-state index contributed by atoms with van der Waals surface area (Å²) < 4.78 is 10.9. The standard InChI is InChI=1S/C20H18ClN3O3/c1-24-19(14-10-13(26-2)8-9-15(14)27-3)16-17(22-23-18(16)20(24)25)11-4-6-12(21)7-5-11/h4-10,19H,1-3H3,(H,22,23)/t19-/m0/s1. The lowest BCUT2D eigenvalue weighted by Gasteiger charge is -2.24. The molecular formula is C20H18ClN3O3. The van der Waals surface area contributed by atoms with Crippen LogP contribution in [0.4, 0.5) is 0 Å². The van der Waals surface area contributed by atoms with Crippen LogP contribution in [-0.4, -0.2) is 42.3 Å². The molecule has 1 atom stereocenters. The van der Waals surface area contributed by atoms with Gasteiger partial charge in [0, 0.05) is 28.8 Å². The first-order valence-corrected chi connectivity index (χ1v) is 8.76. The lowest BCUT2D eigenvalue weighted by atomic mass is 9.95. The quantitative estimate of drug-likeness (QED) is 0.741. The third kappa shape index (κ3) is 2.73. The third-order valence-corrected chi connectivity index (χ3v) is 5.10. The van der Waals surface area contributed by atoms with Crippen LogP contribution < -0.4 is 9.47 Å². The SMILES string of the molecule is COc1ccc(OC)c([C@H]2c3c(-c4ccc(Cl)cc4)n[nH]c3C(=O)N2C)c1. The zero-order valence-electron chi connectivity index (χ0n) is 15.1. The largest absolute Gasteiger partial charge is 0.497 e. The van der Waals surface area contributed by atoms with Crippen molar-refractivity contribution in [2.45, 2.75) is 6.04 Å². The predicted octanol–water partition coefficient (Wildman–Crippen LogP) is 3.92. The molecule has 1 N–H and O–H groups in total. The first-order chi connectivity index (χ1) is 13.0. The van der Waals surface area contributed by atoms with E-state index < -0.39 is 0 Å². The van der Waals surface area contributed by atoms with Crippen LogP contribution in [0.5, 0.6) is 11.5 Å². The molecule has 1 aliphatic heterocycles. The Morgan fingerprint density at radius 2 is 1.85 bits per heavy atom. The maximum atomic E-state index is 12.8. The number of H-pyrrole nitrogens is 1. The van der Waals surface area contributed by atoms with Crippen LogP contribution in [0.3, 0.4) is 0 Å². The highest BCUT2D eigenvalue weighted by atomic mass is 35.5. The zero-order chi connectivity index (χ0) is 19.1. The number of amides is 1.